The van der Waals surface area contributed by atoms with Gasteiger partial charge in [0, 0.05) is 5.56 Å². The fourth-order valence-electron chi connectivity index (χ4n) is 1.56. The molecule has 0 amide bonds. The van der Waals surface area contributed by atoms with Crippen molar-refractivity contribution in [3.63, 3.8) is 0 Å². The largest absolute Gasteiger partial charge is 0.385 e. The SMILES string of the molecule is CCC(C)C(C)(O)c1cccc(Cl)c1Cl. The molecule has 15 heavy (non-hydrogen) atoms. The first kappa shape index (κ1) is 12.8. The molecule has 0 aliphatic rings. The molecule has 1 nitrogen and oxygen atoms in total. The summed E-state index contributed by atoms with van der Waals surface area (Å²) < 4.78 is 0. The molecule has 84 valence electrons. The van der Waals surface area contributed by atoms with E-state index in [4.69, 9.17) is 23.2 Å². The number of hydrogen-bond acceptors (Lipinski definition) is 1. The number of benzene rings is 1. The molecule has 1 rings (SSSR count). The van der Waals surface area contributed by atoms with Crippen LogP contribution in [0.4, 0.5) is 0 Å². The van der Waals surface area contributed by atoms with Crippen LogP contribution in [0.25, 0.3) is 0 Å². The molecule has 0 aliphatic heterocycles. The molecule has 3 heteroatoms. The molecule has 2 unspecified atom stereocenters. The van der Waals surface area contributed by atoms with Crippen LogP contribution in [0.3, 0.4) is 0 Å². The Hall–Kier alpha value is -0.240. The maximum atomic E-state index is 10.4. The second-order valence-electron chi connectivity index (χ2n) is 4.06. The number of rotatable bonds is 3. The molecule has 0 spiro atoms. The molecular weight excluding hydrogens is 231 g/mol. The van der Waals surface area contributed by atoms with E-state index in [2.05, 4.69) is 0 Å². The zero-order valence-electron chi connectivity index (χ0n) is 9.22. The number of halogens is 2. The average molecular weight is 247 g/mol. The Morgan fingerprint density at radius 2 is 2.00 bits per heavy atom. The fourth-order valence-corrected chi connectivity index (χ4v) is 2.05. The van der Waals surface area contributed by atoms with Gasteiger partial charge in [-0.3, -0.25) is 0 Å². The molecule has 0 aliphatic carbocycles. The molecule has 0 saturated carbocycles. The first-order valence-electron chi connectivity index (χ1n) is 5.08. The zero-order chi connectivity index (χ0) is 11.6. The lowest BCUT2D eigenvalue weighted by Crippen LogP contribution is -2.29. The van der Waals surface area contributed by atoms with Gasteiger partial charge in [0.2, 0.25) is 0 Å². The van der Waals surface area contributed by atoms with Crippen LogP contribution >= 0.6 is 23.2 Å². The van der Waals surface area contributed by atoms with E-state index in [1.54, 1.807) is 19.1 Å². The summed E-state index contributed by atoms with van der Waals surface area (Å²) in [5.74, 6) is 0.133. The molecule has 0 radical (unpaired) electrons. The van der Waals surface area contributed by atoms with Crippen molar-refractivity contribution < 1.29 is 5.11 Å². The van der Waals surface area contributed by atoms with Crippen molar-refractivity contribution in [2.75, 3.05) is 0 Å². The fraction of sp³-hybridized carbons (Fsp3) is 0.500. The van der Waals surface area contributed by atoms with Crippen LogP contribution < -0.4 is 0 Å². The lowest BCUT2D eigenvalue weighted by molar-refractivity contribution is 0.000127. The van der Waals surface area contributed by atoms with E-state index in [1.807, 2.05) is 19.9 Å². The monoisotopic (exact) mass is 246 g/mol. The lowest BCUT2D eigenvalue weighted by atomic mass is 9.82. The first-order chi connectivity index (χ1) is 6.91. The van der Waals surface area contributed by atoms with Crippen LogP contribution in [-0.2, 0) is 5.60 Å². The Morgan fingerprint density at radius 1 is 1.40 bits per heavy atom. The molecule has 1 aromatic rings. The van der Waals surface area contributed by atoms with Gasteiger partial charge in [-0.1, -0.05) is 55.6 Å². The number of hydrogen-bond donors (Lipinski definition) is 1. The Morgan fingerprint density at radius 3 is 2.53 bits per heavy atom. The molecule has 2 atom stereocenters. The molecule has 0 saturated heterocycles. The lowest BCUT2D eigenvalue weighted by Gasteiger charge is -2.31. The van der Waals surface area contributed by atoms with E-state index in [1.165, 1.54) is 0 Å². The third-order valence-electron chi connectivity index (χ3n) is 3.07. The van der Waals surface area contributed by atoms with Gasteiger partial charge in [0.25, 0.3) is 0 Å². The molecule has 1 N–H and O–H groups in total. The topological polar surface area (TPSA) is 20.2 Å². The van der Waals surface area contributed by atoms with Gasteiger partial charge >= 0.3 is 0 Å². The summed E-state index contributed by atoms with van der Waals surface area (Å²) in [6, 6.07) is 5.35. The van der Waals surface area contributed by atoms with Crippen molar-refractivity contribution in [2.24, 2.45) is 5.92 Å². The van der Waals surface area contributed by atoms with Crippen molar-refractivity contribution in [3.05, 3.63) is 33.8 Å². The third kappa shape index (κ3) is 2.47. The van der Waals surface area contributed by atoms with Crippen molar-refractivity contribution in [3.8, 4) is 0 Å². The number of aliphatic hydroxyl groups is 1. The highest BCUT2D eigenvalue weighted by Crippen LogP contribution is 2.38. The average Bonchev–Trinajstić information content (AvgIpc) is 2.20. The molecule has 0 fully saturated rings. The van der Waals surface area contributed by atoms with Gasteiger partial charge in [-0.15, -0.1) is 0 Å². The van der Waals surface area contributed by atoms with E-state index in [0.717, 1.165) is 6.42 Å². The summed E-state index contributed by atoms with van der Waals surface area (Å²) in [5.41, 5.74) is -0.234. The molecule has 0 bridgehead atoms. The predicted octanol–water partition coefficient (Wildman–Crippen LogP) is 4.25. The molecule has 1 aromatic carbocycles. The molecule has 0 aromatic heterocycles. The Labute approximate surface area is 101 Å². The van der Waals surface area contributed by atoms with E-state index < -0.39 is 5.60 Å². The zero-order valence-corrected chi connectivity index (χ0v) is 10.7. The predicted molar refractivity (Wildman–Crippen MR) is 65.5 cm³/mol. The highest BCUT2D eigenvalue weighted by atomic mass is 35.5. The summed E-state index contributed by atoms with van der Waals surface area (Å²) in [6.45, 7) is 5.81. The smallest absolute Gasteiger partial charge is 0.0908 e. The maximum Gasteiger partial charge on any atom is 0.0908 e. The summed E-state index contributed by atoms with van der Waals surface area (Å²) in [5, 5.41) is 11.3. The molecular formula is C12H16Cl2O. The summed E-state index contributed by atoms with van der Waals surface area (Å²) in [6.07, 6.45) is 0.885. The van der Waals surface area contributed by atoms with Crippen LogP contribution in [0, 0.1) is 5.92 Å². The highest BCUT2D eigenvalue weighted by Gasteiger charge is 2.31. The van der Waals surface area contributed by atoms with Gasteiger partial charge < -0.3 is 5.11 Å². The van der Waals surface area contributed by atoms with Gasteiger partial charge in [-0.05, 0) is 18.9 Å². The third-order valence-corrected chi connectivity index (χ3v) is 3.89. The second kappa shape index (κ2) is 4.73. The Balaban J connectivity index is 3.20. The van der Waals surface area contributed by atoms with E-state index >= 15 is 0 Å². The van der Waals surface area contributed by atoms with Gasteiger partial charge in [-0.2, -0.15) is 0 Å². The van der Waals surface area contributed by atoms with Gasteiger partial charge in [0.05, 0.1) is 15.6 Å². The molecule has 0 heterocycles. The maximum absolute atomic E-state index is 10.4. The van der Waals surface area contributed by atoms with Crippen LogP contribution in [0.2, 0.25) is 10.0 Å². The van der Waals surface area contributed by atoms with E-state index in [0.29, 0.717) is 15.6 Å². The van der Waals surface area contributed by atoms with Crippen LogP contribution in [-0.4, -0.2) is 5.11 Å². The Bertz CT molecular complexity index is 347. The van der Waals surface area contributed by atoms with Gasteiger partial charge in [0.1, 0.15) is 0 Å². The Kier molecular flexibility index (Phi) is 4.05. The standard InChI is InChI=1S/C12H16Cl2O/c1-4-8(2)12(3,15)9-6-5-7-10(13)11(9)14/h5-8,15H,4H2,1-3H3. The summed E-state index contributed by atoms with van der Waals surface area (Å²) in [4.78, 5) is 0. The first-order valence-corrected chi connectivity index (χ1v) is 5.83. The summed E-state index contributed by atoms with van der Waals surface area (Å²) in [7, 11) is 0. The van der Waals surface area contributed by atoms with Gasteiger partial charge in [-0.25, -0.2) is 0 Å². The quantitative estimate of drug-likeness (QED) is 0.846. The minimum absolute atomic E-state index is 0.133. The van der Waals surface area contributed by atoms with Crippen LogP contribution in [0.15, 0.2) is 18.2 Å². The summed E-state index contributed by atoms with van der Waals surface area (Å²) >= 11 is 12.0. The second-order valence-corrected chi connectivity index (χ2v) is 4.84. The minimum Gasteiger partial charge on any atom is -0.385 e. The van der Waals surface area contributed by atoms with E-state index in [-0.39, 0.29) is 5.92 Å². The van der Waals surface area contributed by atoms with Crippen LogP contribution in [0.5, 0.6) is 0 Å². The van der Waals surface area contributed by atoms with E-state index in [9.17, 15) is 5.11 Å². The van der Waals surface area contributed by atoms with Crippen molar-refractivity contribution in [2.45, 2.75) is 32.8 Å². The van der Waals surface area contributed by atoms with Gasteiger partial charge in [0.15, 0.2) is 0 Å². The van der Waals surface area contributed by atoms with Crippen molar-refractivity contribution in [1.29, 1.82) is 0 Å². The van der Waals surface area contributed by atoms with Crippen molar-refractivity contribution in [1.82, 2.24) is 0 Å². The normalized spacial score (nSPS) is 17.2. The van der Waals surface area contributed by atoms with Crippen LogP contribution in [0.1, 0.15) is 32.8 Å². The highest BCUT2D eigenvalue weighted by molar-refractivity contribution is 6.42. The van der Waals surface area contributed by atoms with Crippen molar-refractivity contribution >= 4 is 23.2 Å². The minimum atomic E-state index is -0.934.